The maximum atomic E-state index is 14.6. The predicted molar refractivity (Wildman–Crippen MR) is 95.1 cm³/mol. The topological polar surface area (TPSA) is 31.6 Å². The van der Waals surface area contributed by atoms with Crippen LogP contribution in [0.5, 0.6) is 0 Å². The maximum Gasteiger partial charge on any atom is 0.458 e. The first kappa shape index (κ1) is 16.1. The standard InChI is InChI=1S/C20H11F5N2/c21-19(22,20(23,24)25)16-17-12(10-5-1-3-7-14(10)26-17)9-13-11-6-2-4-8-15(11)27-18(13)16/h1-9,26-27H. The molecule has 0 radical (unpaired) electrons. The molecular weight excluding hydrogens is 363 g/mol. The second-order valence-electron chi connectivity index (χ2n) is 6.51. The van der Waals surface area contributed by atoms with Crippen molar-refractivity contribution < 1.29 is 22.0 Å². The highest BCUT2D eigenvalue weighted by Gasteiger charge is 2.60. The molecule has 2 heterocycles. The summed E-state index contributed by atoms with van der Waals surface area (Å²) in [6, 6.07) is 15.2. The van der Waals surface area contributed by atoms with Gasteiger partial charge in [-0.15, -0.1) is 0 Å². The van der Waals surface area contributed by atoms with E-state index in [0.717, 1.165) is 0 Å². The average Bonchev–Trinajstić information content (AvgIpc) is 3.16. The van der Waals surface area contributed by atoms with E-state index in [9.17, 15) is 22.0 Å². The number of halogens is 5. The molecule has 0 spiro atoms. The molecule has 27 heavy (non-hydrogen) atoms. The molecule has 2 aromatic heterocycles. The molecule has 0 aliphatic heterocycles. The minimum atomic E-state index is -5.72. The van der Waals surface area contributed by atoms with E-state index < -0.39 is 17.7 Å². The van der Waals surface area contributed by atoms with Crippen molar-refractivity contribution in [3.63, 3.8) is 0 Å². The molecule has 0 bridgehead atoms. The first-order valence-electron chi connectivity index (χ1n) is 8.18. The third kappa shape index (κ3) is 2.05. The zero-order valence-corrected chi connectivity index (χ0v) is 13.6. The predicted octanol–water partition coefficient (Wildman–Crippen LogP) is 6.61. The Morgan fingerprint density at radius 2 is 1.04 bits per heavy atom. The van der Waals surface area contributed by atoms with Crippen molar-refractivity contribution in [1.82, 2.24) is 9.97 Å². The first-order valence-corrected chi connectivity index (χ1v) is 8.18. The number of para-hydroxylation sites is 2. The molecule has 0 aliphatic carbocycles. The van der Waals surface area contributed by atoms with Crippen LogP contribution in [0.25, 0.3) is 43.6 Å². The number of hydrogen-bond donors (Lipinski definition) is 2. The van der Waals surface area contributed by atoms with Crippen LogP contribution in [0.15, 0.2) is 54.6 Å². The smallest absolute Gasteiger partial charge is 0.354 e. The quantitative estimate of drug-likeness (QED) is 0.310. The van der Waals surface area contributed by atoms with E-state index >= 15 is 0 Å². The zero-order valence-electron chi connectivity index (χ0n) is 13.6. The second-order valence-corrected chi connectivity index (χ2v) is 6.51. The maximum absolute atomic E-state index is 14.6. The molecule has 0 saturated carbocycles. The lowest BCUT2D eigenvalue weighted by molar-refractivity contribution is -0.288. The van der Waals surface area contributed by atoms with Gasteiger partial charge in [0.05, 0.1) is 16.6 Å². The van der Waals surface area contributed by atoms with Crippen LogP contribution in [0.3, 0.4) is 0 Å². The normalized spacial score (nSPS) is 13.4. The van der Waals surface area contributed by atoms with Crippen molar-refractivity contribution in [3.8, 4) is 0 Å². The second kappa shape index (κ2) is 5.00. The number of alkyl halides is 5. The van der Waals surface area contributed by atoms with Crippen molar-refractivity contribution in [2.75, 3.05) is 0 Å². The molecule has 136 valence electrons. The molecule has 5 rings (SSSR count). The third-order valence-electron chi connectivity index (χ3n) is 4.95. The van der Waals surface area contributed by atoms with Crippen molar-refractivity contribution in [2.45, 2.75) is 12.1 Å². The Hall–Kier alpha value is -3.09. The van der Waals surface area contributed by atoms with E-state index in [2.05, 4.69) is 9.97 Å². The van der Waals surface area contributed by atoms with E-state index in [1.54, 1.807) is 54.6 Å². The molecule has 0 fully saturated rings. The molecule has 2 N–H and O–H groups in total. The van der Waals surface area contributed by atoms with Crippen LogP contribution in [-0.2, 0) is 5.92 Å². The largest absolute Gasteiger partial charge is 0.458 e. The number of rotatable bonds is 1. The Balaban J connectivity index is 2.08. The van der Waals surface area contributed by atoms with E-state index in [1.165, 1.54) is 0 Å². The lowest BCUT2D eigenvalue weighted by Gasteiger charge is -2.21. The van der Waals surface area contributed by atoms with E-state index in [4.69, 9.17) is 0 Å². The first-order chi connectivity index (χ1) is 12.8. The van der Waals surface area contributed by atoms with Crippen LogP contribution in [0, 0.1) is 0 Å². The molecule has 0 atom stereocenters. The summed E-state index contributed by atoms with van der Waals surface area (Å²) in [7, 11) is 0. The summed E-state index contributed by atoms with van der Waals surface area (Å²) in [5.41, 5.74) is -0.488. The summed E-state index contributed by atoms with van der Waals surface area (Å²) in [6.07, 6.45) is -5.72. The number of fused-ring (bicyclic) bond motifs is 6. The highest BCUT2D eigenvalue weighted by Crippen LogP contribution is 2.50. The van der Waals surface area contributed by atoms with Gasteiger partial charge in [0.1, 0.15) is 0 Å². The van der Waals surface area contributed by atoms with Gasteiger partial charge < -0.3 is 9.97 Å². The number of benzene rings is 3. The van der Waals surface area contributed by atoms with Gasteiger partial charge in [-0.25, -0.2) is 0 Å². The lowest BCUT2D eigenvalue weighted by Crippen LogP contribution is -2.34. The van der Waals surface area contributed by atoms with Gasteiger partial charge in [0.2, 0.25) is 0 Å². The summed E-state index contributed by atoms with van der Waals surface area (Å²) >= 11 is 0. The highest BCUT2D eigenvalue weighted by molar-refractivity contribution is 6.19. The summed E-state index contributed by atoms with van der Waals surface area (Å²) in [4.78, 5) is 5.52. The van der Waals surface area contributed by atoms with Crippen molar-refractivity contribution in [2.24, 2.45) is 0 Å². The Morgan fingerprint density at radius 1 is 0.593 bits per heavy atom. The van der Waals surface area contributed by atoms with Crippen LogP contribution >= 0.6 is 0 Å². The zero-order chi connectivity index (χ0) is 19.0. The van der Waals surface area contributed by atoms with Crippen LogP contribution in [0.2, 0.25) is 0 Å². The monoisotopic (exact) mass is 374 g/mol. The molecule has 7 heteroatoms. The Labute approximate surface area is 148 Å². The lowest BCUT2D eigenvalue weighted by atomic mass is 9.99. The minimum Gasteiger partial charge on any atom is -0.354 e. The molecule has 5 aromatic rings. The van der Waals surface area contributed by atoms with E-state index in [-0.39, 0.29) is 11.0 Å². The van der Waals surface area contributed by atoms with Crippen LogP contribution in [0.1, 0.15) is 5.56 Å². The molecule has 0 amide bonds. The number of nitrogens with one attached hydrogen (secondary N) is 2. The van der Waals surface area contributed by atoms with Gasteiger partial charge in [0.25, 0.3) is 0 Å². The molecule has 0 aliphatic rings. The van der Waals surface area contributed by atoms with Gasteiger partial charge in [-0.1, -0.05) is 36.4 Å². The van der Waals surface area contributed by atoms with Gasteiger partial charge in [0.15, 0.2) is 0 Å². The van der Waals surface area contributed by atoms with Gasteiger partial charge in [0, 0.05) is 32.6 Å². The summed E-state index contributed by atoms with van der Waals surface area (Å²) in [5, 5.41) is 1.86. The fraction of sp³-hybridized carbons (Fsp3) is 0.100. The van der Waals surface area contributed by atoms with Gasteiger partial charge in [-0.2, -0.15) is 22.0 Å². The summed E-state index contributed by atoms with van der Waals surface area (Å²) < 4.78 is 69.2. The molecule has 2 nitrogen and oxygen atoms in total. The van der Waals surface area contributed by atoms with E-state index in [1.807, 2.05) is 0 Å². The fourth-order valence-corrected chi connectivity index (χ4v) is 3.75. The average molecular weight is 374 g/mol. The number of H-pyrrole nitrogens is 2. The van der Waals surface area contributed by atoms with Gasteiger partial charge in [-0.3, -0.25) is 0 Å². The molecule has 3 aromatic carbocycles. The molecular formula is C20H11F5N2. The SMILES string of the molecule is FC(F)(F)C(F)(F)c1c2[nH]c3ccccc3c2cc2c1[nH]c1ccccc12. The van der Waals surface area contributed by atoms with Crippen LogP contribution in [0.4, 0.5) is 22.0 Å². The molecule has 0 saturated heterocycles. The van der Waals surface area contributed by atoms with Crippen molar-refractivity contribution >= 4 is 43.6 Å². The molecule has 0 unspecified atom stereocenters. The number of aromatic amines is 2. The van der Waals surface area contributed by atoms with Gasteiger partial charge >= 0.3 is 12.1 Å². The number of hydrogen-bond acceptors (Lipinski definition) is 0. The van der Waals surface area contributed by atoms with E-state index in [0.29, 0.717) is 32.6 Å². The Morgan fingerprint density at radius 3 is 1.48 bits per heavy atom. The summed E-state index contributed by atoms with van der Waals surface area (Å²) in [6.45, 7) is 0. The number of aromatic nitrogens is 2. The Bertz CT molecular complexity index is 1250. The Kier molecular flexibility index (Phi) is 2.98. The van der Waals surface area contributed by atoms with Crippen LogP contribution in [-0.4, -0.2) is 16.1 Å². The highest BCUT2D eigenvalue weighted by atomic mass is 19.4. The summed E-state index contributed by atoms with van der Waals surface area (Å²) in [5.74, 6) is -5.02. The fourth-order valence-electron chi connectivity index (χ4n) is 3.75. The van der Waals surface area contributed by atoms with Crippen molar-refractivity contribution in [3.05, 3.63) is 60.2 Å². The van der Waals surface area contributed by atoms with Crippen molar-refractivity contribution in [1.29, 1.82) is 0 Å². The minimum absolute atomic E-state index is 0.211. The third-order valence-corrected chi connectivity index (χ3v) is 4.95. The van der Waals surface area contributed by atoms with Gasteiger partial charge in [-0.05, 0) is 18.2 Å². The van der Waals surface area contributed by atoms with Crippen LogP contribution < -0.4 is 0 Å².